The van der Waals surface area contributed by atoms with Crippen molar-refractivity contribution in [1.82, 2.24) is 9.91 Å². The molecule has 0 saturated heterocycles. The molecule has 1 atom stereocenters. The maximum absolute atomic E-state index is 4.52. The van der Waals surface area contributed by atoms with Crippen LogP contribution >= 0.6 is 0 Å². The van der Waals surface area contributed by atoms with E-state index in [9.17, 15) is 0 Å². The van der Waals surface area contributed by atoms with Crippen molar-refractivity contribution in [3.63, 3.8) is 0 Å². The molecule has 15 heavy (non-hydrogen) atoms. The van der Waals surface area contributed by atoms with E-state index in [4.69, 9.17) is 0 Å². The first-order chi connectivity index (χ1) is 6.88. The van der Waals surface area contributed by atoms with Crippen molar-refractivity contribution in [1.29, 1.82) is 0 Å². The van der Waals surface area contributed by atoms with Gasteiger partial charge in [0.2, 0.25) is 0 Å². The third kappa shape index (κ3) is 2.64. The van der Waals surface area contributed by atoms with Crippen LogP contribution in [0.4, 0.5) is 0 Å². The highest BCUT2D eigenvalue weighted by molar-refractivity contribution is 5.58. The van der Waals surface area contributed by atoms with E-state index in [0.29, 0.717) is 12.2 Å². The molecule has 0 bridgehead atoms. The number of hydrogen-bond acceptors (Lipinski definition) is 3. The van der Waals surface area contributed by atoms with Crippen LogP contribution in [0.3, 0.4) is 0 Å². The smallest absolute Gasteiger partial charge is 0.119 e. The van der Waals surface area contributed by atoms with Gasteiger partial charge in [0.15, 0.2) is 0 Å². The van der Waals surface area contributed by atoms with Gasteiger partial charge in [0.1, 0.15) is 12.5 Å². The molecule has 0 aliphatic carbocycles. The summed E-state index contributed by atoms with van der Waals surface area (Å²) in [6.45, 7) is 13.4. The van der Waals surface area contributed by atoms with E-state index >= 15 is 0 Å². The molecule has 3 heteroatoms. The van der Waals surface area contributed by atoms with Crippen molar-refractivity contribution >= 4 is 6.34 Å². The lowest BCUT2D eigenvalue weighted by molar-refractivity contribution is 0.0482. The molecule has 1 heterocycles. The van der Waals surface area contributed by atoms with Gasteiger partial charge >= 0.3 is 0 Å². The average molecular weight is 211 g/mol. The SMILES string of the molecule is CCCC1N(C(C)C)N=CN1C(C)(C)C. The third-order valence-electron chi connectivity index (χ3n) is 2.79. The Hall–Kier alpha value is -0.730. The molecule has 0 fully saturated rings. The molecule has 0 aromatic carbocycles. The standard InChI is InChI=1S/C12H25N3/c1-7-8-11-14(12(4,5)6)9-13-15(11)10(2)3/h9-11H,7-8H2,1-6H3. The highest BCUT2D eigenvalue weighted by Crippen LogP contribution is 2.26. The molecule has 1 unspecified atom stereocenters. The summed E-state index contributed by atoms with van der Waals surface area (Å²) < 4.78 is 0. The second-order valence-corrected chi connectivity index (χ2v) is 5.55. The van der Waals surface area contributed by atoms with Gasteiger partial charge in [-0.15, -0.1) is 0 Å². The Morgan fingerprint density at radius 2 is 1.93 bits per heavy atom. The van der Waals surface area contributed by atoms with E-state index in [1.165, 1.54) is 12.8 Å². The fraction of sp³-hybridized carbons (Fsp3) is 0.917. The van der Waals surface area contributed by atoms with Crippen LogP contribution in [0.2, 0.25) is 0 Å². The van der Waals surface area contributed by atoms with Crippen LogP contribution in [0.5, 0.6) is 0 Å². The Labute approximate surface area is 94.1 Å². The lowest BCUT2D eigenvalue weighted by atomic mass is 10.0. The summed E-state index contributed by atoms with van der Waals surface area (Å²) >= 11 is 0. The van der Waals surface area contributed by atoms with Crippen LogP contribution in [-0.2, 0) is 0 Å². The maximum atomic E-state index is 4.52. The normalized spacial score (nSPS) is 21.9. The molecule has 1 rings (SSSR count). The maximum Gasteiger partial charge on any atom is 0.119 e. The van der Waals surface area contributed by atoms with Gasteiger partial charge < -0.3 is 4.90 Å². The van der Waals surface area contributed by atoms with Gasteiger partial charge in [-0.1, -0.05) is 13.3 Å². The largest absolute Gasteiger partial charge is 0.335 e. The molecule has 0 amide bonds. The zero-order valence-electron chi connectivity index (χ0n) is 11.0. The van der Waals surface area contributed by atoms with Crippen molar-refractivity contribution in [3.8, 4) is 0 Å². The van der Waals surface area contributed by atoms with E-state index in [1.54, 1.807) is 0 Å². The van der Waals surface area contributed by atoms with Gasteiger partial charge in [-0.05, 0) is 41.0 Å². The van der Waals surface area contributed by atoms with Crippen molar-refractivity contribution in [3.05, 3.63) is 0 Å². The van der Waals surface area contributed by atoms with Crippen molar-refractivity contribution in [2.24, 2.45) is 5.10 Å². The second-order valence-electron chi connectivity index (χ2n) is 5.55. The lowest BCUT2D eigenvalue weighted by Crippen LogP contribution is -2.50. The Balaban J connectivity index is 2.80. The van der Waals surface area contributed by atoms with Crippen molar-refractivity contribution in [2.75, 3.05) is 0 Å². The highest BCUT2D eigenvalue weighted by Gasteiger charge is 2.34. The second kappa shape index (κ2) is 4.42. The van der Waals surface area contributed by atoms with Gasteiger partial charge in [-0.3, -0.25) is 5.01 Å². The molecule has 0 N–H and O–H groups in total. The Morgan fingerprint density at radius 3 is 2.33 bits per heavy atom. The van der Waals surface area contributed by atoms with Gasteiger partial charge in [0.05, 0.1) is 0 Å². The van der Waals surface area contributed by atoms with Crippen LogP contribution in [0.25, 0.3) is 0 Å². The zero-order valence-corrected chi connectivity index (χ0v) is 11.0. The number of hydrogen-bond donors (Lipinski definition) is 0. The van der Waals surface area contributed by atoms with Crippen LogP contribution < -0.4 is 0 Å². The van der Waals surface area contributed by atoms with E-state index in [0.717, 1.165) is 0 Å². The monoisotopic (exact) mass is 211 g/mol. The fourth-order valence-electron chi connectivity index (χ4n) is 2.02. The first-order valence-corrected chi connectivity index (χ1v) is 5.98. The summed E-state index contributed by atoms with van der Waals surface area (Å²) in [6.07, 6.45) is 4.81. The van der Waals surface area contributed by atoms with Crippen molar-refractivity contribution < 1.29 is 0 Å². The summed E-state index contributed by atoms with van der Waals surface area (Å²) in [5.74, 6) is 0. The number of nitrogens with zero attached hydrogens (tertiary/aromatic N) is 3. The van der Waals surface area contributed by atoms with Crippen LogP contribution in [-0.4, -0.2) is 34.0 Å². The van der Waals surface area contributed by atoms with Crippen LogP contribution in [0, 0.1) is 0 Å². The molecule has 0 radical (unpaired) electrons. The minimum Gasteiger partial charge on any atom is -0.335 e. The number of rotatable bonds is 3. The molecule has 0 aromatic rings. The van der Waals surface area contributed by atoms with Gasteiger partial charge in [-0.2, -0.15) is 5.10 Å². The molecule has 3 nitrogen and oxygen atoms in total. The van der Waals surface area contributed by atoms with Crippen LogP contribution in [0.15, 0.2) is 5.10 Å². The minimum atomic E-state index is 0.160. The van der Waals surface area contributed by atoms with E-state index in [1.807, 2.05) is 6.34 Å². The predicted molar refractivity (Wildman–Crippen MR) is 65.8 cm³/mol. The van der Waals surface area contributed by atoms with Crippen LogP contribution in [0.1, 0.15) is 54.4 Å². The van der Waals surface area contributed by atoms with E-state index in [-0.39, 0.29) is 5.54 Å². The van der Waals surface area contributed by atoms with E-state index < -0.39 is 0 Å². The summed E-state index contributed by atoms with van der Waals surface area (Å²) in [6, 6.07) is 0.477. The Kier molecular flexibility index (Phi) is 3.63. The lowest BCUT2D eigenvalue weighted by Gasteiger charge is -2.40. The van der Waals surface area contributed by atoms with Gasteiger partial charge in [-0.25, -0.2) is 0 Å². The third-order valence-corrected chi connectivity index (χ3v) is 2.79. The average Bonchev–Trinajstić information content (AvgIpc) is 2.47. The summed E-state index contributed by atoms with van der Waals surface area (Å²) in [7, 11) is 0. The molecule has 0 spiro atoms. The predicted octanol–water partition coefficient (Wildman–Crippen LogP) is 2.88. The molecular formula is C12H25N3. The minimum absolute atomic E-state index is 0.160. The zero-order chi connectivity index (χ0) is 11.6. The van der Waals surface area contributed by atoms with E-state index in [2.05, 4.69) is 56.6 Å². The topological polar surface area (TPSA) is 18.8 Å². The molecule has 1 aliphatic rings. The summed E-state index contributed by atoms with van der Waals surface area (Å²) in [4.78, 5) is 2.37. The molecule has 88 valence electrons. The summed E-state index contributed by atoms with van der Waals surface area (Å²) in [5, 5.41) is 6.73. The molecular weight excluding hydrogens is 186 g/mol. The molecule has 0 aromatic heterocycles. The Bertz CT molecular complexity index is 228. The fourth-order valence-corrected chi connectivity index (χ4v) is 2.02. The van der Waals surface area contributed by atoms with Crippen molar-refractivity contribution in [2.45, 2.75) is 72.1 Å². The molecule has 0 saturated carbocycles. The quantitative estimate of drug-likeness (QED) is 0.715. The highest BCUT2D eigenvalue weighted by atomic mass is 15.6. The number of hydrazone groups is 1. The van der Waals surface area contributed by atoms with Gasteiger partial charge in [0.25, 0.3) is 0 Å². The Morgan fingerprint density at radius 1 is 1.33 bits per heavy atom. The first kappa shape index (κ1) is 12.3. The molecule has 1 aliphatic heterocycles. The van der Waals surface area contributed by atoms with Gasteiger partial charge in [0, 0.05) is 11.6 Å². The summed E-state index contributed by atoms with van der Waals surface area (Å²) in [5.41, 5.74) is 0.160. The first-order valence-electron chi connectivity index (χ1n) is 5.98.